The molecular formula is C31H45N3O10. The fraction of sp³-hybridized carbons (Fsp3) is 0.742. The number of hydrogen-bond acceptors (Lipinski definition) is 9. The predicted molar refractivity (Wildman–Crippen MR) is 154 cm³/mol. The number of hydrogen-bond donors (Lipinski definition) is 2. The van der Waals surface area contributed by atoms with Crippen LogP contribution in [0.5, 0.6) is 0 Å². The molecule has 44 heavy (non-hydrogen) atoms. The molecule has 2 N–H and O–H groups in total. The van der Waals surface area contributed by atoms with Gasteiger partial charge in [0, 0.05) is 37.9 Å². The van der Waals surface area contributed by atoms with Crippen LogP contribution in [0, 0.1) is 17.3 Å². The Morgan fingerprint density at radius 2 is 1.55 bits per heavy atom. The highest BCUT2D eigenvalue weighted by Gasteiger charge is 2.61. The quantitative estimate of drug-likeness (QED) is 0.100. The summed E-state index contributed by atoms with van der Waals surface area (Å²) in [5.41, 5.74) is -0.219. The molecule has 3 fully saturated rings. The summed E-state index contributed by atoms with van der Waals surface area (Å²) in [5.74, 6) is -3.06. The van der Waals surface area contributed by atoms with Crippen molar-refractivity contribution in [1.29, 1.82) is 0 Å². The molecule has 0 aromatic rings. The number of nitrogens with zero attached hydrogens (tertiary/aromatic N) is 2. The zero-order valence-corrected chi connectivity index (χ0v) is 25.5. The molecule has 13 heteroatoms. The summed E-state index contributed by atoms with van der Waals surface area (Å²) >= 11 is 0. The van der Waals surface area contributed by atoms with Crippen LogP contribution in [0.4, 0.5) is 0 Å². The van der Waals surface area contributed by atoms with Gasteiger partial charge in [-0.05, 0) is 38.5 Å². The van der Waals surface area contributed by atoms with Gasteiger partial charge in [-0.3, -0.25) is 33.6 Å². The van der Waals surface area contributed by atoms with Crippen LogP contribution in [0.1, 0.15) is 84.0 Å². The van der Waals surface area contributed by atoms with Crippen molar-refractivity contribution >= 4 is 35.6 Å². The van der Waals surface area contributed by atoms with Gasteiger partial charge >= 0.3 is 11.9 Å². The highest BCUT2D eigenvalue weighted by molar-refractivity contribution is 6.05. The van der Waals surface area contributed by atoms with Crippen molar-refractivity contribution in [3.63, 3.8) is 0 Å². The number of likely N-dealkylation sites (tertiary alicyclic amines) is 1. The van der Waals surface area contributed by atoms with Crippen LogP contribution in [0.25, 0.3) is 0 Å². The van der Waals surface area contributed by atoms with Crippen molar-refractivity contribution in [3.8, 4) is 0 Å². The SMILES string of the molecule is CC1(COC(=O)CCC(=O)O)CCN(C(=O)CCCCCNC(=O)CCCCCON2C(=O)C3C4C=CC(O4)C3C2=O)CC1. The van der Waals surface area contributed by atoms with Gasteiger partial charge in [0.1, 0.15) is 0 Å². The molecule has 0 aromatic carbocycles. The third kappa shape index (κ3) is 8.87. The highest BCUT2D eigenvalue weighted by atomic mass is 16.7. The van der Waals surface area contributed by atoms with Gasteiger partial charge in [-0.25, -0.2) is 0 Å². The van der Waals surface area contributed by atoms with Crippen LogP contribution in [0.15, 0.2) is 12.2 Å². The first-order chi connectivity index (χ1) is 21.1. The number of hydroxylamine groups is 2. The molecule has 4 rings (SSSR count). The number of carboxylic acid groups (broad SMARTS) is 1. The molecule has 0 saturated carbocycles. The third-order valence-electron chi connectivity index (χ3n) is 8.98. The zero-order valence-electron chi connectivity index (χ0n) is 25.5. The third-order valence-corrected chi connectivity index (χ3v) is 8.98. The lowest BCUT2D eigenvalue weighted by atomic mass is 9.81. The second-order valence-corrected chi connectivity index (χ2v) is 12.5. The summed E-state index contributed by atoms with van der Waals surface area (Å²) in [7, 11) is 0. The maximum absolute atomic E-state index is 12.6. The minimum absolute atomic E-state index is 0.0216. The Bertz CT molecular complexity index is 1090. The van der Waals surface area contributed by atoms with Gasteiger partial charge in [-0.1, -0.05) is 31.9 Å². The van der Waals surface area contributed by atoms with Gasteiger partial charge in [0.05, 0.1) is 50.1 Å². The number of unbranched alkanes of at least 4 members (excludes halogenated alkanes) is 4. The van der Waals surface area contributed by atoms with Crippen LogP contribution in [0.3, 0.4) is 0 Å². The lowest BCUT2D eigenvalue weighted by Crippen LogP contribution is -2.44. The maximum atomic E-state index is 12.6. The first kappa shape index (κ1) is 33.6. The summed E-state index contributed by atoms with van der Waals surface area (Å²) in [4.78, 5) is 79.4. The van der Waals surface area contributed by atoms with Gasteiger partial charge in [0.25, 0.3) is 11.8 Å². The van der Waals surface area contributed by atoms with Crippen molar-refractivity contribution < 1.29 is 48.2 Å². The Kier molecular flexibility index (Phi) is 11.9. The number of imide groups is 1. The monoisotopic (exact) mass is 619 g/mol. The first-order valence-electron chi connectivity index (χ1n) is 15.8. The van der Waals surface area contributed by atoms with E-state index >= 15 is 0 Å². The van der Waals surface area contributed by atoms with Crippen molar-refractivity contribution in [1.82, 2.24) is 15.3 Å². The van der Waals surface area contributed by atoms with E-state index in [1.807, 2.05) is 24.0 Å². The number of carbonyl (C=O) groups is 6. The number of aliphatic carboxylic acids is 1. The summed E-state index contributed by atoms with van der Waals surface area (Å²) in [6, 6.07) is 0. The summed E-state index contributed by atoms with van der Waals surface area (Å²) in [6.45, 7) is 4.26. The van der Waals surface area contributed by atoms with Gasteiger partial charge in [0.2, 0.25) is 11.8 Å². The topological polar surface area (TPSA) is 169 Å². The van der Waals surface area contributed by atoms with Crippen LogP contribution < -0.4 is 5.32 Å². The largest absolute Gasteiger partial charge is 0.481 e. The standard InChI is InChI=1S/C31H45N3O10/c1-31(20-42-26(39)13-12-25(37)38)14-17-33(18-15-31)24(36)9-5-2-6-16-32-23(35)8-4-3-7-19-43-34-29(40)27-21-10-11-22(44-21)28(27)30(34)41/h10-11,21-22,27-28H,2-9,12-20H2,1H3,(H,32,35)(H,37,38). The van der Waals surface area contributed by atoms with E-state index in [1.165, 1.54) is 0 Å². The summed E-state index contributed by atoms with van der Waals surface area (Å²) in [5, 5.41) is 12.5. The van der Waals surface area contributed by atoms with E-state index in [-0.39, 0.29) is 67.3 Å². The lowest BCUT2D eigenvalue weighted by Gasteiger charge is -2.39. The zero-order chi connectivity index (χ0) is 31.7. The predicted octanol–water partition coefficient (Wildman–Crippen LogP) is 2.13. The van der Waals surface area contributed by atoms with Crippen LogP contribution >= 0.6 is 0 Å². The molecule has 4 aliphatic rings. The Balaban J connectivity index is 0.955. The Morgan fingerprint density at radius 1 is 0.909 bits per heavy atom. The molecule has 2 bridgehead atoms. The normalized spacial score (nSPS) is 24.9. The molecular weight excluding hydrogens is 574 g/mol. The number of esters is 1. The van der Waals surface area contributed by atoms with Crippen LogP contribution in [0.2, 0.25) is 0 Å². The average Bonchev–Trinajstić information content (AvgIpc) is 3.68. The minimum Gasteiger partial charge on any atom is -0.481 e. The minimum atomic E-state index is -1.03. The van der Waals surface area contributed by atoms with Crippen molar-refractivity contribution in [2.24, 2.45) is 17.3 Å². The Morgan fingerprint density at radius 3 is 2.20 bits per heavy atom. The number of carbonyl (C=O) groups excluding carboxylic acids is 5. The average molecular weight is 620 g/mol. The number of ether oxygens (including phenoxy) is 2. The van der Waals surface area contributed by atoms with Crippen molar-refractivity contribution in [2.45, 2.75) is 96.2 Å². The second kappa shape index (κ2) is 15.6. The van der Waals surface area contributed by atoms with E-state index in [9.17, 15) is 28.8 Å². The van der Waals surface area contributed by atoms with Gasteiger partial charge < -0.3 is 24.8 Å². The van der Waals surface area contributed by atoms with E-state index in [4.69, 9.17) is 19.4 Å². The van der Waals surface area contributed by atoms with Crippen molar-refractivity contribution in [2.75, 3.05) is 32.8 Å². The number of amides is 4. The molecule has 244 valence electrons. The second-order valence-electron chi connectivity index (χ2n) is 12.5. The number of piperidine rings is 1. The number of rotatable bonds is 18. The molecule has 3 saturated heterocycles. The smallest absolute Gasteiger partial charge is 0.306 e. The van der Waals surface area contributed by atoms with Gasteiger partial charge in [-0.15, -0.1) is 0 Å². The van der Waals surface area contributed by atoms with Crippen LogP contribution in [-0.4, -0.2) is 95.7 Å². The molecule has 0 aliphatic carbocycles. The molecule has 4 atom stereocenters. The highest BCUT2D eigenvalue weighted by Crippen LogP contribution is 2.45. The van der Waals surface area contributed by atoms with E-state index in [2.05, 4.69) is 5.32 Å². The Labute approximate surface area is 257 Å². The fourth-order valence-electron chi connectivity index (χ4n) is 6.15. The first-order valence-corrected chi connectivity index (χ1v) is 15.8. The number of carboxylic acids is 1. The van der Waals surface area contributed by atoms with Gasteiger partial charge in [0.15, 0.2) is 0 Å². The number of fused-ring (bicyclic) bond motifs is 5. The van der Waals surface area contributed by atoms with Crippen LogP contribution in [-0.2, 0) is 43.1 Å². The van der Waals surface area contributed by atoms with E-state index in [0.717, 1.165) is 43.6 Å². The maximum Gasteiger partial charge on any atom is 0.306 e. The summed E-state index contributed by atoms with van der Waals surface area (Å²) in [6.07, 6.45) is 9.34. The molecule has 4 heterocycles. The molecule has 0 aromatic heterocycles. The molecule has 4 amide bonds. The molecule has 0 spiro atoms. The molecule has 4 unspecified atom stereocenters. The van der Waals surface area contributed by atoms with Crippen molar-refractivity contribution in [3.05, 3.63) is 12.2 Å². The molecule has 4 aliphatic heterocycles. The molecule has 13 nitrogen and oxygen atoms in total. The van der Waals surface area contributed by atoms with E-state index in [1.54, 1.807) is 0 Å². The van der Waals surface area contributed by atoms with E-state index in [0.29, 0.717) is 45.3 Å². The summed E-state index contributed by atoms with van der Waals surface area (Å²) < 4.78 is 10.9. The van der Waals surface area contributed by atoms with E-state index < -0.39 is 23.8 Å². The Hall–Kier alpha value is -3.32. The fourth-order valence-corrected chi connectivity index (χ4v) is 6.15. The van der Waals surface area contributed by atoms with Gasteiger partial charge in [-0.2, -0.15) is 5.06 Å². The number of nitrogens with one attached hydrogen (secondary N) is 1. The molecule has 0 radical (unpaired) electrons. The lowest BCUT2D eigenvalue weighted by molar-refractivity contribution is -0.192.